The summed E-state index contributed by atoms with van der Waals surface area (Å²) in [6.07, 6.45) is 3.09. The van der Waals surface area contributed by atoms with E-state index in [1.807, 2.05) is 60.7 Å². The van der Waals surface area contributed by atoms with E-state index in [4.69, 9.17) is 10.7 Å². The Hall–Kier alpha value is -6.84. The maximum absolute atomic E-state index is 13.5. The van der Waals surface area contributed by atoms with Crippen LogP contribution < -0.4 is 21.9 Å². The third-order valence-electron chi connectivity index (χ3n) is 10.2. The highest BCUT2D eigenvalue weighted by Gasteiger charge is 2.26. The van der Waals surface area contributed by atoms with Crippen LogP contribution in [0, 0.1) is 0 Å². The molecule has 276 valence electrons. The van der Waals surface area contributed by atoms with Gasteiger partial charge >= 0.3 is 5.69 Å². The Morgan fingerprint density at radius 2 is 1.70 bits per heavy atom. The van der Waals surface area contributed by atoms with Crippen molar-refractivity contribution in [2.45, 2.75) is 32.6 Å². The van der Waals surface area contributed by atoms with Crippen molar-refractivity contribution in [3.8, 4) is 28.6 Å². The van der Waals surface area contributed by atoms with Crippen LogP contribution in [0.5, 0.6) is 11.5 Å². The molecule has 1 saturated heterocycles. The molecule has 0 aliphatic carbocycles. The summed E-state index contributed by atoms with van der Waals surface area (Å²) in [6.45, 7) is 6.06. The van der Waals surface area contributed by atoms with Crippen LogP contribution in [-0.4, -0.2) is 86.5 Å². The Bertz CT molecular complexity index is 2670. The van der Waals surface area contributed by atoms with Crippen LogP contribution in [0.4, 0.5) is 11.9 Å². The quantitative estimate of drug-likeness (QED) is 0.134. The number of anilines is 2. The van der Waals surface area contributed by atoms with Crippen molar-refractivity contribution in [1.29, 1.82) is 0 Å². The number of fused-ring (bicyclic) bond motifs is 2. The summed E-state index contributed by atoms with van der Waals surface area (Å²) in [5.41, 5.74) is 10.8. The lowest BCUT2D eigenvalue weighted by molar-refractivity contribution is 0.0746. The number of aromatic hydroxyl groups is 2. The van der Waals surface area contributed by atoms with Crippen molar-refractivity contribution in [3.05, 3.63) is 104 Å². The van der Waals surface area contributed by atoms with Crippen molar-refractivity contribution < 1.29 is 15.0 Å². The van der Waals surface area contributed by atoms with Crippen molar-refractivity contribution in [1.82, 2.24) is 44.2 Å². The lowest BCUT2D eigenvalue weighted by Crippen LogP contribution is -2.49. The van der Waals surface area contributed by atoms with Crippen molar-refractivity contribution in [3.63, 3.8) is 0 Å². The maximum atomic E-state index is 13.5. The van der Waals surface area contributed by atoms with Crippen LogP contribution in [-0.2, 0) is 19.9 Å². The number of hydrogen-bond acceptors (Lipinski definition) is 10. The highest BCUT2D eigenvalue weighted by Crippen LogP contribution is 2.37. The van der Waals surface area contributed by atoms with Gasteiger partial charge in [-0.15, -0.1) is 0 Å². The number of H-pyrrole nitrogens is 3. The van der Waals surface area contributed by atoms with Gasteiger partial charge in [0, 0.05) is 51.1 Å². The van der Waals surface area contributed by atoms with Gasteiger partial charge < -0.3 is 35.3 Å². The number of nitrogen functional groups attached to an aromatic ring is 1. The molecule has 3 aromatic carbocycles. The number of hydrogen-bond donors (Lipinski definition) is 6. The number of imidazole rings is 1. The van der Waals surface area contributed by atoms with Crippen molar-refractivity contribution in [2.24, 2.45) is 7.05 Å². The zero-order valence-electron chi connectivity index (χ0n) is 29.9. The Kier molecular flexibility index (Phi) is 8.43. The number of nitrogens with zero attached hydrogens (tertiary/aromatic N) is 7. The van der Waals surface area contributed by atoms with Crippen molar-refractivity contribution in [2.75, 3.05) is 36.8 Å². The molecule has 7 N–H and O–H groups in total. The Balaban J connectivity index is 0.947. The van der Waals surface area contributed by atoms with Gasteiger partial charge in [0.15, 0.2) is 5.82 Å². The molecule has 4 aromatic heterocycles. The molecule has 16 nitrogen and oxygen atoms in total. The van der Waals surface area contributed by atoms with E-state index < -0.39 is 5.69 Å². The van der Waals surface area contributed by atoms with Crippen LogP contribution in [0.3, 0.4) is 0 Å². The van der Waals surface area contributed by atoms with Gasteiger partial charge in [0.05, 0.1) is 27.7 Å². The lowest BCUT2D eigenvalue weighted by atomic mass is 9.98. The number of aromatic nitrogens is 8. The second-order valence-electron chi connectivity index (χ2n) is 13.9. The van der Waals surface area contributed by atoms with E-state index in [1.165, 1.54) is 10.6 Å². The van der Waals surface area contributed by atoms with Crippen molar-refractivity contribution >= 4 is 39.9 Å². The number of amides is 1. The Morgan fingerprint density at radius 1 is 0.944 bits per heavy atom. The number of nitrogens with one attached hydrogen (secondary N) is 3. The molecule has 8 rings (SSSR count). The topological polar surface area (TPSA) is 220 Å². The molecule has 16 heteroatoms. The average molecular weight is 730 g/mol. The molecule has 0 unspecified atom stereocenters. The fraction of sp³-hybridized carbons (Fsp3) is 0.263. The zero-order chi connectivity index (χ0) is 37.8. The molecule has 54 heavy (non-hydrogen) atoms. The summed E-state index contributed by atoms with van der Waals surface area (Å²) < 4.78 is 3.37. The van der Waals surface area contributed by atoms with Crippen LogP contribution in [0.25, 0.3) is 39.1 Å². The van der Waals surface area contributed by atoms with E-state index in [2.05, 4.69) is 30.0 Å². The van der Waals surface area contributed by atoms with Crippen LogP contribution in [0.2, 0.25) is 0 Å². The van der Waals surface area contributed by atoms with E-state index in [0.29, 0.717) is 77.9 Å². The number of phenolic OH excluding ortho intramolecular Hbond substituents is 2. The predicted molar refractivity (Wildman–Crippen MR) is 204 cm³/mol. The summed E-state index contributed by atoms with van der Waals surface area (Å²) >= 11 is 0. The number of benzene rings is 3. The fourth-order valence-corrected chi connectivity index (χ4v) is 7.25. The van der Waals surface area contributed by atoms with E-state index in [-0.39, 0.29) is 40.7 Å². The van der Waals surface area contributed by atoms with Crippen LogP contribution in [0.15, 0.2) is 70.4 Å². The van der Waals surface area contributed by atoms with Crippen LogP contribution in [0.1, 0.15) is 46.8 Å². The molecule has 0 atom stereocenters. The second kappa shape index (κ2) is 13.3. The number of piperazine rings is 1. The molecular formula is C38H39N11O5. The van der Waals surface area contributed by atoms with Gasteiger partial charge in [-0.05, 0) is 71.8 Å². The van der Waals surface area contributed by atoms with Gasteiger partial charge in [0.2, 0.25) is 11.9 Å². The number of nitrogens with two attached hydrogens (primary N) is 1. The minimum Gasteiger partial charge on any atom is -0.508 e. The number of aromatic amines is 3. The lowest BCUT2D eigenvalue weighted by Gasteiger charge is -2.35. The molecule has 1 amide bonds. The zero-order valence-corrected chi connectivity index (χ0v) is 29.9. The Labute approximate surface area is 307 Å². The SMILES string of the molecule is CC(C)c1cc(-c2n[nH]c(=O)n2-c2ccc3c(c2)nc(N2CCN(C(=O)c4ccc(CCc5c[nH]c6nc(N)[nH]c(=O)c56)cc4)CC2)n3C)c(O)cc1O. The number of rotatable bonds is 8. The third-order valence-corrected chi connectivity index (χ3v) is 10.2. The molecule has 0 radical (unpaired) electrons. The molecular weight excluding hydrogens is 690 g/mol. The number of aryl methyl sites for hydroxylation is 3. The minimum absolute atomic E-state index is 0.0262. The summed E-state index contributed by atoms with van der Waals surface area (Å²) in [5.74, 6) is 0.725. The molecule has 1 aliphatic heterocycles. The van der Waals surface area contributed by atoms with Crippen LogP contribution >= 0.6 is 0 Å². The van der Waals surface area contributed by atoms with Gasteiger partial charge in [-0.25, -0.2) is 19.4 Å². The normalized spacial score (nSPS) is 13.5. The first-order valence-corrected chi connectivity index (χ1v) is 17.7. The molecule has 0 bridgehead atoms. The summed E-state index contributed by atoms with van der Waals surface area (Å²) in [4.78, 5) is 57.5. The highest BCUT2D eigenvalue weighted by atomic mass is 16.3. The summed E-state index contributed by atoms with van der Waals surface area (Å²) in [5, 5.41) is 28.3. The van der Waals surface area contributed by atoms with E-state index in [1.54, 1.807) is 24.4 Å². The van der Waals surface area contributed by atoms with Gasteiger partial charge in [-0.3, -0.25) is 14.6 Å². The first-order valence-electron chi connectivity index (χ1n) is 17.7. The third kappa shape index (κ3) is 6.00. The van der Waals surface area contributed by atoms with Gasteiger partial charge in [-0.1, -0.05) is 26.0 Å². The summed E-state index contributed by atoms with van der Waals surface area (Å²) in [7, 11) is 1.93. The fourth-order valence-electron chi connectivity index (χ4n) is 7.25. The highest BCUT2D eigenvalue weighted by molar-refractivity contribution is 5.94. The van der Waals surface area contributed by atoms with Gasteiger partial charge in [-0.2, -0.15) is 10.1 Å². The molecule has 0 saturated carbocycles. The molecule has 7 aromatic rings. The smallest absolute Gasteiger partial charge is 0.348 e. The summed E-state index contributed by atoms with van der Waals surface area (Å²) in [6, 6.07) is 16.0. The van der Waals surface area contributed by atoms with E-state index >= 15 is 0 Å². The second-order valence-corrected chi connectivity index (χ2v) is 13.9. The number of carbonyl (C=O) groups excluding carboxylic acids is 1. The predicted octanol–water partition coefficient (Wildman–Crippen LogP) is 3.54. The molecule has 1 aliphatic rings. The first kappa shape index (κ1) is 34.3. The van der Waals surface area contributed by atoms with E-state index in [9.17, 15) is 24.6 Å². The largest absolute Gasteiger partial charge is 0.508 e. The van der Waals surface area contributed by atoms with Gasteiger partial charge in [0.25, 0.3) is 11.5 Å². The maximum Gasteiger partial charge on any atom is 0.348 e. The first-order chi connectivity index (χ1) is 26.0. The average Bonchev–Trinajstić information content (AvgIpc) is 3.85. The molecule has 0 spiro atoms. The van der Waals surface area contributed by atoms with Gasteiger partial charge in [0.1, 0.15) is 17.1 Å². The minimum atomic E-state index is -0.484. The Morgan fingerprint density at radius 3 is 2.44 bits per heavy atom. The standard InChI is InChI=1S/C38H39N11O5/c1-20(2)25-17-26(30(51)18-29(25)50)33-44-45-38(54)49(33)24-10-11-28-27(16-24)41-37(46(28)3)48-14-12-47(13-15-48)35(53)22-7-4-21(5-8-22)6-9-23-19-40-32-31(23)34(52)43-36(39)42-32/h4-5,7-8,10-11,16-20,50-51H,6,9,12-15H2,1-3H3,(H,45,54)(H4,39,40,42,43,52). The number of phenols is 2. The number of carbonyl (C=O) groups is 1. The molecule has 5 heterocycles. The molecule has 1 fully saturated rings. The monoisotopic (exact) mass is 729 g/mol. The van der Waals surface area contributed by atoms with E-state index in [0.717, 1.165) is 22.6 Å².